The third-order valence-corrected chi connectivity index (χ3v) is 2.97. The van der Waals surface area contributed by atoms with E-state index in [0.717, 1.165) is 27.7 Å². The maximum absolute atomic E-state index is 11.9. The SMILES string of the molecule is Cc1cc2[nH]c3ccc(CO)cc3c2c(=O)[nH]1. The summed E-state index contributed by atoms with van der Waals surface area (Å²) in [6, 6.07) is 7.49. The van der Waals surface area contributed by atoms with E-state index in [9.17, 15) is 4.79 Å². The lowest BCUT2D eigenvalue weighted by molar-refractivity contribution is 0.282. The van der Waals surface area contributed by atoms with Crippen LogP contribution in [-0.4, -0.2) is 15.1 Å². The van der Waals surface area contributed by atoms with E-state index < -0.39 is 0 Å². The molecule has 3 rings (SSSR count). The fourth-order valence-corrected chi connectivity index (χ4v) is 2.21. The Morgan fingerprint density at radius 1 is 1.18 bits per heavy atom. The number of nitrogens with one attached hydrogen (secondary N) is 2. The second-order valence-corrected chi connectivity index (χ2v) is 4.23. The van der Waals surface area contributed by atoms with E-state index >= 15 is 0 Å². The van der Waals surface area contributed by atoms with E-state index in [1.165, 1.54) is 0 Å². The number of H-pyrrole nitrogens is 2. The first-order valence-electron chi connectivity index (χ1n) is 5.44. The van der Waals surface area contributed by atoms with Gasteiger partial charge in [-0.05, 0) is 30.7 Å². The van der Waals surface area contributed by atoms with Crippen molar-refractivity contribution in [3.63, 3.8) is 0 Å². The average molecular weight is 228 g/mol. The number of hydrogen-bond donors (Lipinski definition) is 3. The van der Waals surface area contributed by atoms with Gasteiger partial charge in [-0.3, -0.25) is 4.79 Å². The van der Waals surface area contributed by atoms with Crippen LogP contribution in [0.3, 0.4) is 0 Å². The first-order chi connectivity index (χ1) is 8.19. The minimum absolute atomic E-state index is 0.0214. The Bertz CT molecular complexity index is 768. The van der Waals surface area contributed by atoms with Gasteiger partial charge in [-0.2, -0.15) is 0 Å². The van der Waals surface area contributed by atoms with Crippen molar-refractivity contribution in [3.05, 3.63) is 45.9 Å². The van der Waals surface area contributed by atoms with Crippen LogP contribution in [0.2, 0.25) is 0 Å². The number of aromatic amines is 2. The Balaban J connectivity index is 2.53. The van der Waals surface area contributed by atoms with Gasteiger partial charge in [0.2, 0.25) is 0 Å². The smallest absolute Gasteiger partial charge is 0.258 e. The molecule has 0 radical (unpaired) electrons. The quantitative estimate of drug-likeness (QED) is 0.594. The van der Waals surface area contributed by atoms with E-state index in [1.54, 1.807) is 0 Å². The Morgan fingerprint density at radius 3 is 2.76 bits per heavy atom. The van der Waals surface area contributed by atoms with Crippen LogP contribution in [0.25, 0.3) is 21.8 Å². The first kappa shape index (κ1) is 10.1. The zero-order chi connectivity index (χ0) is 12.0. The highest BCUT2D eigenvalue weighted by Crippen LogP contribution is 2.23. The normalized spacial score (nSPS) is 11.4. The van der Waals surface area contributed by atoms with Crippen molar-refractivity contribution >= 4 is 21.8 Å². The Morgan fingerprint density at radius 2 is 2.00 bits per heavy atom. The highest BCUT2D eigenvalue weighted by molar-refractivity contribution is 6.06. The Hall–Kier alpha value is -2.07. The second-order valence-electron chi connectivity index (χ2n) is 4.23. The van der Waals surface area contributed by atoms with Crippen LogP contribution in [0.1, 0.15) is 11.3 Å². The Labute approximate surface area is 96.9 Å². The third kappa shape index (κ3) is 1.45. The molecule has 0 aliphatic rings. The molecule has 3 N–H and O–H groups in total. The van der Waals surface area contributed by atoms with Crippen molar-refractivity contribution in [1.82, 2.24) is 9.97 Å². The molecule has 2 aromatic heterocycles. The number of aliphatic hydroxyl groups is 1. The predicted molar refractivity (Wildman–Crippen MR) is 67.1 cm³/mol. The molecule has 0 unspecified atom stereocenters. The minimum atomic E-state index is -0.0960. The molecule has 4 heteroatoms. The van der Waals surface area contributed by atoms with Gasteiger partial charge in [-0.1, -0.05) is 6.07 Å². The van der Waals surface area contributed by atoms with Crippen LogP contribution in [0, 0.1) is 6.92 Å². The van der Waals surface area contributed by atoms with Gasteiger partial charge < -0.3 is 15.1 Å². The number of hydrogen-bond acceptors (Lipinski definition) is 2. The maximum Gasteiger partial charge on any atom is 0.258 e. The summed E-state index contributed by atoms with van der Waals surface area (Å²) in [4.78, 5) is 17.9. The van der Waals surface area contributed by atoms with E-state index in [-0.39, 0.29) is 12.2 Å². The molecule has 4 nitrogen and oxygen atoms in total. The highest BCUT2D eigenvalue weighted by atomic mass is 16.3. The maximum atomic E-state index is 11.9. The first-order valence-corrected chi connectivity index (χ1v) is 5.44. The van der Waals surface area contributed by atoms with Gasteiger partial charge in [-0.15, -0.1) is 0 Å². The van der Waals surface area contributed by atoms with Crippen molar-refractivity contribution in [1.29, 1.82) is 0 Å². The molecule has 0 bridgehead atoms. The number of aliphatic hydroxyl groups excluding tert-OH is 1. The van der Waals surface area contributed by atoms with Crippen molar-refractivity contribution in [3.8, 4) is 0 Å². The fourth-order valence-electron chi connectivity index (χ4n) is 2.21. The number of aromatic nitrogens is 2. The molecular formula is C13H12N2O2. The van der Waals surface area contributed by atoms with Crippen LogP contribution in [0.4, 0.5) is 0 Å². The van der Waals surface area contributed by atoms with E-state index in [1.807, 2.05) is 31.2 Å². The zero-order valence-corrected chi connectivity index (χ0v) is 9.37. The molecule has 0 aliphatic heterocycles. The van der Waals surface area contributed by atoms with Gasteiger partial charge >= 0.3 is 0 Å². The highest BCUT2D eigenvalue weighted by Gasteiger charge is 2.08. The molecule has 0 fully saturated rings. The minimum Gasteiger partial charge on any atom is -0.392 e. The largest absolute Gasteiger partial charge is 0.392 e. The van der Waals surface area contributed by atoms with Gasteiger partial charge in [0.05, 0.1) is 17.5 Å². The van der Waals surface area contributed by atoms with Gasteiger partial charge in [0.15, 0.2) is 0 Å². The number of pyridine rings is 1. The van der Waals surface area contributed by atoms with Crippen LogP contribution in [0.5, 0.6) is 0 Å². The van der Waals surface area contributed by atoms with Crippen molar-refractivity contribution in [2.75, 3.05) is 0 Å². The Kier molecular flexibility index (Phi) is 2.06. The topological polar surface area (TPSA) is 68.9 Å². The third-order valence-electron chi connectivity index (χ3n) is 2.97. The van der Waals surface area contributed by atoms with Crippen molar-refractivity contribution in [2.24, 2.45) is 0 Å². The molecular weight excluding hydrogens is 216 g/mol. The molecule has 86 valence electrons. The van der Waals surface area contributed by atoms with Crippen LogP contribution in [-0.2, 0) is 6.61 Å². The molecule has 0 atom stereocenters. The number of rotatable bonds is 1. The van der Waals surface area contributed by atoms with E-state index in [4.69, 9.17) is 5.11 Å². The molecule has 0 aliphatic carbocycles. The van der Waals surface area contributed by atoms with Crippen molar-refractivity contribution < 1.29 is 5.11 Å². The average Bonchev–Trinajstić information content (AvgIpc) is 2.65. The molecule has 0 amide bonds. The summed E-state index contributed by atoms with van der Waals surface area (Å²) >= 11 is 0. The van der Waals surface area contributed by atoms with Crippen LogP contribution < -0.4 is 5.56 Å². The summed E-state index contributed by atoms with van der Waals surface area (Å²) in [6.07, 6.45) is 0. The summed E-state index contributed by atoms with van der Waals surface area (Å²) in [6.45, 7) is 1.83. The summed E-state index contributed by atoms with van der Waals surface area (Å²) in [7, 11) is 0. The summed E-state index contributed by atoms with van der Waals surface area (Å²) in [5.74, 6) is 0. The lowest BCUT2D eigenvalue weighted by atomic mass is 10.1. The second kappa shape index (κ2) is 3.46. The van der Waals surface area contributed by atoms with E-state index in [0.29, 0.717) is 5.39 Å². The zero-order valence-electron chi connectivity index (χ0n) is 9.37. The number of fused-ring (bicyclic) bond motifs is 3. The summed E-state index contributed by atoms with van der Waals surface area (Å²) in [5.41, 5.74) is 3.28. The van der Waals surface area contributed by atoms with Crippen LogP contribution in [0.15, 0.2) is 29.1 Å². The molecule has 0 saturated heterocycles. The van der Waals surface area contributed by atoms with Crippen molar-refractivity contribution in [2.45, 2.75) is 13.5 Å². The number of benzene rings is 1. The molecule has 17 heavy (non-hydrogen) atoms. The van der Waals surface area contributed by atoms with Gasteiger partial charge in [0, 0.05) is 16.6 Å². The monoisotopic (exact) mass is 228 g/mol. The summed E-state index contributed by atoms with van der Waals surface area (Å²) < 4.78 is 0. The number of aryl methyl sites for hydroxylation is 1. The summed E-state index contributed by atoms with van der Waals surface area (Å²) in [5, 5.41) is 10.6. The molecule has 3 aromatic rings. The standard InChI is InChI=1S/C13H12N2O2/c1-7-4-11-12(13(17)14-7)9-5-8(6-16)2-3-10(9)15-11/h2-5,15-16H,6H2,1H3,(H,14,17). The predicted octanol–water partition coefficient (Wildman–Crippen LogP) is 1.81. The van der Waals surface area contributed by atoms with Gasteiger partial charge in [0.1, 0.15) is 0 Å². The van der Waals surface area contributed by atoms with Gasteiger partial charge in [-0.25, -0.2) is 0 Å². The van der Waals surface area contributed by atoms with E-state index in [2.05, 4.69) is 9.97 Å². The lowest BCUT2D eigenvalue weighted by Crippen LogP contribution is -2.06. The molecule has 1 aromatic carbocycles. The molecule has 2 heterocycles. The fraction of sp³-hybridized carbons (Fsp3) is 0.154. The lowest BCUT2D eigenvalue weighted by Gasteiger charge is -1.96. The molecule has 0 saturated carbocycles. The molecule has 0 spiro atoms. The van der Waals surface area contributed by atoms with Gasteiger partial charge in [0.25, 0.3) is 5.56 Å². The van der Waals surface area contributed by atoms with Crippen LogP contribution >= 0.6 is 0 Å².